The number of amides is 1. The minimum Gasteiger partial charge on any atom is -0.348 e. The van der Waals surface area contributed by atoms with Gasteiger partial charge in [0, 0.05) is 30.4 Å². The number of nitrogens with one attached hydrogen (secondary N) is 1. The highest BCUT2D eigenvalue weighted by Crippen LogP contribution is 2.18. The average molecular weight is 412 g/mol. The minimum absolute atomic E-state index is 0.161. The molecule has 1 amide bonds. The first-order valence-corrected chi connectivity index (χ1v) is 10.4. The molecule has 6 nitrogen and oxygen atoms in total. The zero-order chi connectivity index (χ0) is 21.8. The van der Waals surface area contributed by atoms with Crippen LogP contribution in [0.2, 0.25) is 0 Å². The topological polar surface area (TPSA) is 76.9 Å². The van der Waals surface area contributed by atoms with Gasteiger partial charge in [0.2, 0.25) is 0 Å². The molecule has 2 aromatic carbocycles. The number of hydrogen-bond donors (Lipinski definition) is 1. The molecule has 0 aliphatic rings. The molecule has 4 rings (SSSR count). The predicted octanol–water partition coefficient (Wildman–Crippen LogP) is 4.11. The Labute approximate surface area is 180 Å². The van der Waals surface area contributed by atoms with Crippen molar-refractivity contribution in [1.29, 1.82) is 0 Å². The molecule has 0 radical (unpaired) electrons. The second-order valence-corrected chi connectivity index (χ2v) is 7.51. The monoisotopic (exact) mass is 412 g/mol. The molecule has 0 unspecified atom stereocenters. The van der Waals surface area contributed by atoms with Gasteiger partial charge >= 0.3 is 0 Å². The number of pyridine rings is 1. The van der Waals surface area contributed by atoms with Crippen LogP contribution in [0.5, 0.6) is 0 Å². The summed E-state index contributed by atoms with van der Waals surface area (Å²) in [7, 11) is 0. The van der Waals surface area contributed by atoms with Crippen molar-refractivity contribution in [2.24, 2.45) is 0 Å². The highest BCUT2D eigenvalue weighted by molar-refractivity contribution is 5.94. The summed E-state index contributed by atoms with van der Waals surface area (Å²) in [4.78, 5) is 34.4. The summed E-state index contributed by atoms with van der Waals surface area (Å²) in [5.41, 5.74) is 4.88. The highest BCUT2D eigenvalue weighted by Gasteiger charge is 2.14. The molecule has 1 N–H and O–H groups in total. The summed E-state index contributed by atoms with van der Waals surface area (Å²) < 4.78 is 1.67. The van der Waals surface area contributed by atoms with E-state index < -0.39 is 0 Å². The number of carbonyl (C=O) groups excluding carboxylic acids is 1. The Morgan fingerprint density at radius 2 is 1.77 bits per heavy atom. The Morgan fingerprint density at radius 3 is 2.48 bits per heavy atom. The molecule has 0 fully saturated rings. The van der Waals surface area contributed by atoms with Crippen molar-refractivity contribution in [1.82, 2.24) is 19.9 Å². The summed E-state index contributed by atoms with van der Waals surface area (Å²) in [6.07, 6.45) is 2.48. The van der Waals surface area contributed by atoms with Gasteiger partial charge in [-0.25, -0.2) is 9.97 Å². The third-order valence-corrected chi connectivity index (χ3v) is 5.14. The van der Waals surface area contributed by atoms with Gasteiger partial charge in [-0.2, -0.15) is 0 Å². The fourth-order valence-corrected chi connectivity index (χ4v) is 3.46. The molecule has 0 atom stereocenters. The molecule has 31 heavy (non-hydrogen) atoms. The first-order valence-electron chi connectivity index (χ1n) is 10.4. The lowest BCUT2D eigenvalue weighted by Gasteiger charge is -2.11. The van der Waals surface area contributed by atoms with Crippen molar-refractivity contribution in [2.45, 2.75) is 33.4 Å². The molecule has 4 aromatic rings. The lowest BCUT2D eigenvalue weighted by atomic mass is 10.1. The average Bonchev–Trinajstić information content (AvgIpc) is 2.80. The number of aryl methyl sites for hydroxylation is 2. The SMILES string of the molecule is CCCn1c(=O)c(-c2ccc(C(=O)NCc3ccc(C)cc3)cc2)nc2cccnc21. The summed E-state index contributed by atoms with van der Waals surface area (Å²) >= 11 is 0. The van der Waals surface area contributed by atoms with Gasteiger partial charge in [-0.05, 0) is 43.2 Å². The van der Waals surface area contributed by atoms with E-state index in [-0.39, 0.29) is 11.5 Å². The molecule has 2 aromatic heterocycles. The van der Waals surface area contributed by atoms with E-state index in [0.717, 1.165) is 12.0 Å². The van der Waals surface area contributed by atoms with Gasteiger partial charge in [0.05, 0.1) is 0 Å². The maximum Gasteiger partial charge on any atom is 0.278 e. The first kappa shape index (κ1) is 20.5. The van der Waals surface area contributed by atoms with Crippen LogP contribution in [-0.4, -0.2) is 20.4 Å². The van der Waals surface area contributed by atoms with Crippen LogP contribution in [0.3, 0.4) is 0 Å². The van der Waals surface area contributed by atoms with Crippen LogP contribution in [0.1, 0.15) is 34.8 Å². The Bertz CT molecular complexity index is 1280. The Morgan fingerprint density at radius 1 is 1.03 bits per heavy atom. The zero-order valence-corrected chi connectivity index (χ0v) is 17.6. The predicted molar refractivity (Wildman–Crippen MR) is 122 cm³/mol. The van der Waals surface area contributed by atoms with E-state index >= 15 is 0 Å². The normalized spacial score (nSPS) is 10.9. The number of nitrogens with zero attached hydrogens (tertiary/aromatic N) is 3. The van der Waals surface area contributed by atoms with E-state index in [2.05, 4.69) is 15.3 Å². The van der Waals surface area contributed by atoms with Crippen LogP contribution in [-0.2, 0) is 13.1 Å². The van der Waals surface area contributed by atoms with Gasteiger partial charge in [-0.3, -0.25) is 14.2 Å². The van der Waals surface area contributed by atoms with Gasteiger partial charge in [-0.15, -0.1) is 0 Å². The van der Waals surface area contributed by atoms with Crippen molar-refractivity contribution >= 4 is 17.1 Å². The molecular formula is C25H24N4O2. The van der Waals surface area contributed by atoms with Gasteiger partial charge in [0.25, 0.3) is 11.5 Å². The number of aromatic nitrogens is 3. The molecule has 156 valence electrons. The molecule has 0 aliphatic carbocycles. The second kappa shape index (κ2) is 8.92. The van der Waals surface area contributed by atoms with Crippen LogP contribution in [0.15, 0.2) is 71.7 Å². The standard InChI is InChI=1S/C25H24N4O2/c1-3-15-29-23-21(5-4-14-26-23)28-22(25(29)31)19-10-12-20(13-11-19)24(30)27-16-18-8-6-17(2)7-9-18/h4-14H,3,15-16H2,1-2H3,(H,27,30). The Hall–Kier alpha value is -3.80. The van der Waals surface area contributed by atoms with Crippen molar-refractivity contribution in [3.8, 4) is 11.3 Å². The number of benzene rings is 2. The maximum absolute atomic E-state index is 13.1. The van der Waals surface area contributed by atoms with E-state index in [1.165, 1.54) is 5.56 Å². The molecule has 2 heterocycles. The molecular weight excluding hydrogens is 388 g/mol. The van der Waals surface area contributed by atoms with E-state index in [1.807, 2.05) is 44.2 Å². The van der Waals surface area contributed by atoms with Gasteiger partial charge in [0.15, 0.2) is 5.65 Å². The third kappa shape index (κ3) is 4.38. The van der Waals surface area contributed by atoms with Crippen LogP contribution in [0, 0.1) is 6.92 Å². The fourth-order valence-electron chi connectivity index (χ4n) is 3.46. The van der Waals surface area contributed by atoms with Crippen molar-refractivity contribution < 1.29 is 4.79 Å². The van der Waals surface area contributed by atoms with Crippen LogP contribution < -0.4 is 10.9 Å². The maximum atomic E-state index is 13.1. The fraction of sp³-hybridized carbons (Fsp3) is 0.200. The van der Waals surface area contributed by atoms with Crippen LogP contribution >= 0.6 is 0 Å². The molecule has 0 spiro atoms. The molecule has 0 bridgehead atoms. The molecule has 6 heteroatoms. The Balaban J connectivity index is 1.58. The highest BCUT2D eigenvalue weighted by atomic mass is 16.1. The minimum atomic E-state index is -0.176. The van der Waals surface area contributed by atoms with Crippen LogP contribution in [0.25, 0.3) is 22.4 Å². The van der Waals surface area contributed by atoms with Gasteiger partial charge < -0.3 is 5.32 Å². The third-order valence-electron chi connectivity index (χ3n) is 5.14. The van der Waals surface area contributed by atoms with Gasteiger partial charge in [-0.1, -0.05) is 48.9 Å². The first-order chi connectivity index (χ1) is 15.1. The van der Waals surface area contributed by atoms with E-state index in [1.54, 1.807) is 41.1 Å². The lowest BCUT2D eigenvalue weighted by Crippen LogP contribution is -2.24. The number of hydrogen-bond acceptors (Lipinski definition) is 4. The summed E-state index contributed by atoms with van der Waals surface area (Å²) in [6.45, 7) is 5.08. The molecule has 0 saturated carbocycles. The quantitative estimate of drug-likeness (QED) is 0.517. The van der Waals surface area contributed by atoms with Gasteiger partial charge in [0.1, 0.15) is 11.2 Å². The van der Waals surface area contributed by atoms with E-state index in [9.17, 15) is 9.59 Å². The van der Waals surface area contributed by atoms with Crippen molar-refractivity contribution in [3.05, 3.63) is 93.9 Å². The van der Waals surface area contributed by atoms with E-state index in [0.29, 0.717) is 41.1 Å². The summed E-state index contributed by atoms with van der Waals surface area (Å²) in [5.74, 6) is -0.161. The summed E-state index contributed by atoms with van der Waals surface area (Å²) in [5, 5.41) is 2.93. The van der Waals surface area contributed by atoms with Crippen LogP contribution in [0.4, 0.5) is 0 Å². The Kier molecular flexibility index (Phi) is 5.89. The number of rotatable bonds is 6. The van der Waals surface area contributed by atoms with E-state index in [4.69, 9.17) is 0 Å². The molecule has 0 aliphatic heterocycles. The zero-order valence-electron chi connectivity index (χ0n) is 17.6. The summed E-state index contributed by atoms with van der Waals surface area (Å²) in [6, 6.07) is 18.7. The second-order valence-electron chi connectivity index (χ2n) is 7.51. The lowest BCUT2D eigenvalue weighted by molar-refractivity contribution is 0.0951. The van der Waals surface area contributed by atoms with Crippen molar-refractivity contribution in [3.63, 3.8) is 0 Å². The van der Waals surface area contributed by atoms with Crippen molar-refractivity contribution in [2.75, 3.05) is 0 Å². The molecule has 0 saturated heterocycles. The number of fused-ring (bicyclic) bond motifs is 1. The smallest absolute Gasteiger partial charge is 0.278 e. The number of carbonyl (C=O) groups is 1. The largest absolute Gasteiger partial charge is 0.348 e.